The van der Waals surface area contributed by atoms with Gasteiger partial charge in [-0.1, -0.05) is 0 Å². The van der Waals surface area contributed by atoms with E-state index in [1.54, 1.807) is 42.6 Å². The van der Waals surface area contributed by atoms with Crippen LogP contribution in [0.3, 0.4) is 0 Å². The van der Waals surface area contributed by atoms with Gasteiger partial charge in [0.25, 0.3) is 0 Å². The minimum absolute atomic E-state index is 0.204. The van der Waals surface area contributed by atoms with E-state index in [9.17, 15) is 8.42 Å². The van der Waals surface area contributed by atoms with Crippen LogP contribution in [0, 0.1) is 0 Å². The molecule has 20 heavy (non-hydrogen) atoms. The second-order valence-electron chi connectivity index (χ2n) is 4.19. The molecule has 7 heteroatoms. The van der Waals surface area contributed by atoms with Gasteiger partial charge in [0.15, 0.2) is 0 Å². The first-order valence-electron chi connectivity index (χ1n) is 5.69. The van der Waals surface area contributed by atoms with Crippen molar-refractivity contribution in [2.75, 3.05) is 0 Å². The van der Waals surface area contributed by atoms with Crippen LogP contribution in [0.25, 0.3) is 10.9 Å². The number of rotatable bonds is 2. The first-order chi connectivity index (χ1) is 9.50. The third-order valence-corrected chi connectivity index (χ3v) is 5.90. The summed E-state index contributed by atoms with van der Waals surface area (Å²) in [6.07, 6.45) is 1.57. The minimum atomic E-state index is -3.70. The Morgan fingerprint density at radius 2 is 1.85 bits per heavy atom. The predicted molar refractivity (Wildman–Crippen MR) is 79.2 cm³/mol. The Bertz CT molecular complexity index is 891. The van der Waals surface area contributed by atoms with Crippen molar-refractivity contribution in [1.82, 2.24) is 9.19 Å². The summed E-state index contributed by atoms with van der Waals surface area (Å²) in [5, 5.41) is 5.35. The van der Waals surface area contributed by atoms with Crippen LogP contribution in [0.15, 0.2) is 53.6 Å². The van der Waals surface area contributed by atoms with Gasteiger partial charge in [0.1, 0.15) is 0 Å². The van der Waals surface area contributed by atoms with Gasteiger partial charge in [-0.05, 0) is 0 Å². The topological polar surface area (TPSA) is 52.0 Å². The van der Waals surface area contributed by atoms with E-state index < -0.39 is 10.0 Å². The van der Waals surface area contributed by atoms with Gasteiger partial charge in [-0.3, -0.25) is 0 Å². The number of hydrogen-bond donors (Lipinski definition) is 0. The second kappa shape index (κ2) is 5.05. The van der Waals surface area contributed by atoms with Crippen molar-refractivity contribution >= 4 is 58.6 Å². The summed E-state index contributed by atoms with van der Waals surface area (Å²) in [6.45, 7) is 0. The molecule has 1 heterocycles. The van der Waals surface area contributed by atoms with E-state index in [-0.39, 0.29) is 4.90 Å². The SMILES string of the molecule is O=S(=O)(c1ccccc1)n1ncc2[c]([Sn+])cc(Cl)cc21. The van der Waals surface area contributed by atoms with E-state index >= 15 is 0 Å². The second-order valence-corrected chi connectivity index (χ2v) is 7.93. The van der Waals surface area contributed by atoms with E-state index in [2.05, 4.69) is 5.10 Å². The standard InChI is InChI=1S/C13H8ClN2O2S.Sn/c14-11-7-6-10-9-15-16(13(10)8-11)19(17,18)12-4-2-1-3-5-12;/h1-5,7-9H;/q;+1. The van der Waals surface area contributed by atoms with Crippen LogP contribution in [-0.2, 0) is 10.0 Å². The molecule has 3 rings (SSSR count). The molecule has 2 radical (unpaired) electrons. The predicted octanol–water partition coefficient (Wildman–Crippen LogP) is 1.72. The molecule has 0 unspecified atom stereocenters. The molecule has 0 aliphatic heterocycles. The molecule has 98 valence electrons. The zero-order valence-electron chi connectivity index (χ0n) is 10.1. The molecule has 0 spiro atoms. The zero-order chi connectivity index (χ0) is 14.3. The number of hydrogen-bond acceptors (Lipinski definition) is 3. The van der Waals surface area contributed by atoms with Gasteiger partial charge in [0.2, 0.25) is 0 Å². The maximum atomic E-state index is 12.6. The van der Waals surface area contributed by atoms with Crippen LogP contribution in [0.2, 0.25) is 5.02 Å². The monoisotopic (exact) mass is 411 g/mol. The Labute approximate surface area is 134 Å². The molecule has 4 nitrogen and oxygen atoms in total. The van der Waals surface area contributed by atoms with Crippen molar-refractivity contribution in [2.45, 2.75) is 4.90 Å². The van der Waals surface area contributed by atoms with Gasteiger partial charge in [-0.2, -0.15) is 0 Å². The Morgan fingerprint density at radius 1 is 1.15 bits per heavy atom. The first-order valence-corrected chi connectivity index (χ1v) is 8.94. The van der Waals surface area contributed by atoms with Crippen LogP contribution in [0.4, 0.5) is 0 Å². The fourth-order valence-corrected chi connectivity index (χ4v) is 4.70. The molecule has 0 fully saturated rings. The summed E-state index contributed by atoms with van der Waals surface area (Å²) in [4.78, 5) is 0.204. The molecule has 3 aromatic rings. The van der Waals surface area contributed by atoms with Crippen molar-refractivity contribution in [3.63, 3.8) is 0 Å². The summed E-state index contributed by atoms with van der Waals surface area (Å²) in [5.74, 6) is 0. The molecule has 0 saturated heterocycles. The van der Waals surface area contributed by atoms with Crippen LogP contribution in [0.1, 0.15) is 0 Å². The number of nitrogens with zero attached hydrogens (tertiary/aromatic N) is 2. The maximum absolute atomic E-state index is 12.6. The van der Waals surface area contributed by atoms with Crippen molar-refractivity contribution in [2.24, 2.45) is 0 Å². The fourth-order valence-electron chi connectivity index (χ4n) is 1.95. The summed E-state index contributed by atoms with van der Waals surface area (Å²) in [7, 11) is -3.70. The van der Waals surface area contributed by atoms with Crippen LogP contribution in [-0.4, -0.2) is 40.1 Å². The summed E-state index contributed by atoms with van der Waals surface area (Å²) in [5.41, 5.74) is 0.508. The number of halogens is 1. The molecule has 0 N–H and O–H groups in total. The molecule has 0 amide bonds. The number of aromatic nitrogens is 2. The van der Waals surface area contributed by atoms with Crippen LogP contribution >= 0.6 is 11.6 Å². The Balaban J connectivity index is 2.31. The van der Waals surface area contributed by atoms with Gasteiger partial charge in [0, 0.05) is 0 Å². The molecule has 0 aliphatic rings. The number of fused-ring (bicyclic) bond motifs is 1. The van der Waals surface area contributed by atoms with Gasteiger partial charge >= 0.3 is 135 Å². The van der Waals surface area contributed by atoms with Crippen LogP contribution in [0.5, 0.6) is 0 Å². The molecule has 2 aromatic carbocycles. The third kappa shape index (κ3) is 2.23. The van der Waals surface area contributed by atoms with Gasteiger partial charge in [-0.25, -0.2) is 0 Å². The van der Waals surface area contributed by atoms with Crippen molar-refractivity contribution < 1.29 is 8.42 Å². The Kier molecular flexibility index (Phi) is 3.51. The summed E-state index contributed by atoms with van der Waals surface area (Å²) < 4.78 is 27.2. The van der Waals surface area contributed by atoms with Crippen molar-refractivity contribution in [3.05, 3.63) is 53.7 Å². The average molecular weight is 410 g/mol. The van der Waals surface area contributed by atoms with E-state index in [4.69, 9.17) is 11.6 Å². The quantitative estimate of drug-likeness (QED) is 0.605. The van der Waals surface area contributed by atoms with Gasteiger partial charge < -0.3 is 0 Å². The molecule has 0 bridgehead atoms. The van der Waals surface area contributed by atoms with Crippen LogP contribution < -0.4 is 3.58 Å². The van der Waals surface area contributed by atoms with Gasteiger partial charge in [0.05, 0.1) is 0 Å². The molecular weight excluding hydrogens is 402 g/mol. The number of benzene rings is 2. The van der Waals surface area contributed by atoms with Crippen molar-refractivity contribution in [1.29, 1.82) is 0 Å². The van der Waals surface area contributed by atoms with Crippen molar-refractivity contribution in [3.8, 4) is 0 Å². The Morgan fingerprint density at radius 3 is 2.55 bits per heavy atom. The van der Waals surface area contributed by atoms with E-state index in [1.165, 1.54) is 0 Å². The molecule has 1 aromatic heterocycles. The summed E-state index contributed by atoms with van der Waals surface area (Å²) >= 11 is 7.19. The van der Waals surface area contributed by atoms with Gasteiger partial charge in [-0.15, -0.1) is 0 Å². The van der Waals surface area contributed by atoms with E-state index in [0.717, 1.165) is 35.6 Å². The first kappa shape index (κ1) is 13.9. The zero-order valence-corrected chi connectivity index (χ0v) is 14.5. The van der Waals surface area contributed by atoms with E-state index in [1.807, 2.05) is 6.07 Å². The molecular formula is C13H8ClN2O2SSn+. The molecule has 0 aliphatic carbocycles. The fraction of sp³-hybridized carbons (Fsp3) is 0. The van der Waals surface area contributed by atoms with E-state index in [0.29, 0.717) is 10.5 Å². The average Bonchev–Trinajstić information content (AvgIpc) is 2.84. The molecule has 0 saturated carbocycles. The Hall–Kier alpha value is -1.05. The third-order valence-electron chi connectivity index (χ3n) is 2.89. The normalized spacial score (nSPS) is 11.8. The summed E-state index contributed by atoms with van der Waals surface area (Å²) in [6, 6.07) is 11.7. The molecule has 0 atom stereocenters.